The Morgan fingerprint density at radius 1 is 1.28 bits per heavy atom. The van der Waals surface area contributed by atoms with E-state index in [1.807, 2.05) is 26.0 Å². The standard InChI is InChI=1S/C13H14F3NS/c1-8(2)10-5-4-6-17-11(10)7-9(3)12(17)18-13(14,15)16/h4-8H,1-3H3. The monoisotopic (exact) mass is 273 g/mol. The van der Waals surface area contributed by atoms with E-state index in [9.17, 15) is 13.2 Å². The minimum atomic E-state index is -4.26. The van der Waals surface area contributed by atoms with Crippen LogP contribution in [-0.2, 0) is 0 Å². The molecule has 0 saturated carbocycles. The maximum Gasteiger partial charge on any atom is 0.447 e. The molecule has 0 N–H and O–H groups in total. The Morgan fingerprint density at radius 2 is 1.94 bits per heavy atom. The number of fused-ring (bicyclic) bond motifs is 1. The molecule has 2 heterocycles. The van der Waals surface area contributed by atoms with E-state index in [-0.39, 0.29) is 22.7 Å². The average molecular weight is 273 g/mol. The molecule has 0 unspecified atom stereocenters. The van der Waals surface area contributed by atoms with Crippen LogP contribution in [0.2, 0.25) is 0 Å². The van der Waals surface area contributed by atoms with Crippen molar-refractivity contribution in [3.8, 4) is 0 Å². The summed E-state index contributed by atoms with van der Waals surface area (Å²) in [6, 6.07) is 5.58. The van der Waals surface area contributed by atoms with Gasteiger partial charge in [0.25, 0.3) is 0 Å². The van der Waals surface area contributed by atoms with E-state index >= 15 is 0 Å². The summed E-state index contributed by atoms with van der Waals surface area (Å²) in [6.07, 6.45) is 1.68. The largest absolute Gasteiger partial charge is 0.447 e. The van der Waals surface area contributed by atoms with E-state index in [2.05, 4.69) is 0 Å². The van der Waals surface area contributed by atoms with E-state index in [0.717, 1.165) is 11.1 Å². The van der Waals surface area contributed by atoms with Gasteiger partial charge in [-0.3, -0.25) is 0 Å². The number of alkyl halides is 3. The molecule has 18 heavy (non-hydrogen) atoms. The molecule has 0 atom stereocenters. The summed E-state index contributed by atoms with van der Waals surface area (Å²) in [4.78, 5) is 0. The number of halogens is 3. The Kier molecular flexibility index (Phi) is 3.36. The number of thioether (sulfide) groups is 1. The van der Waals surface area contributed by atoms with Crippen LogP contribution in [0, 0.1) is 6.92 Å². The number of hydrogen-bond donors (Lipinski definition) is 0. The van der Waals surface area contributed by atoms with Crippen molar-refractivity contribution >= 4 is 17.3 Å². The average Bonchev–Trinajstić information content (AvgIpc) is 2.53. The van der Waals surface area contributed by atoms with Crippen LogP contribution in [0.25, 0.3) is 5.52 Å². The molecule has 0 spiro atoms. The minimum Gasteiger partial charge on any atom is -0.311 e. The van der Waals surface area contributed by atoms with Crippen LogP contribution in [0.5, 0.6) is 0 Å². The van der Waals surface area contributed by atoms with Crippen LogP contribution in [0.3, 0.4) is 0 Å². The number of hydrogen-bond acceptors (Lipinski definition) is 1. The van der Waals surface area contributed by atoms with Gasteiger partial charge in [0.2, 0.25) is 0 Å². The van der Waals surface area contributed by atoms with Crippen molar-refractivity contribution in [1.82, 2.24) is 4.40 Å². The molecule has 2 rings (SSSR count). The first-order valence-corrected chi connectivity index (χ1v) is 6.47. The molecule has 0 bridgehead atoms. The van der Waals surface area contributed by atoms with E-state index in [1.165, 1.54) is 0 Å². The Bertz CT molecular complexity index is 569. The van der Waals surface area contributed by atoms with Crippen molar-refractivity contribution in [3.63, 3.8) is 0 Å². The molecule has 0 radical (unpaired) electrons. The topological polar surface area (TPSA) is 4.41 Å². The summed E-state index contributed by atoms with van der Waals surface area (Å²) in [7, 11) is 0. The molecule has 2 aromatic rings. The summed E-state index contributed by atoms with van der Waals surface area (Å²) >= 11 is -0.0531. The SMILES string of the molecule is Cc1cc2c(C(C)C)cccn2c1SC(F)(F)F. The van der Waals surface area contributed by atoms with Gasteiger partial charge in [0.05, 0.1) is 5.03 Å². The van der Waals surface area contributed by atoms with Gasteiger partial charge in [0, 0.05) is 23.5 Å². The predicted molar refractivity (Wildman–Crippen MR) is 68.1 cm³/mol. The Balaban J connectivity index is 2.62. The maximum absolute atomic E-state index is 12.5. The smallest absolute Gasteiger partial charge is 0.311 e. The van der Waals surface area contributed by atoms with E-state index < -0.39 is 5.51 Å². The molecule has 0 aliphatic heterocycles. The second-order valence-electron chi connectivity index (χ2n) is 4.55. The summed E-state index contributed by atoms with van der Waals surface area (Å²) in [5, 5.41) is 0.250. The zero-order valence-corrected chi connectivity index (χ0v) is 11.2. The Hall–Kier alpha value is -1.10. The van der Waals surface area contributed by atoms with Crippen molar-refractivity contribution in [2.45, 2.75) is 37.2 Å². The first kappa shape index (κ1) is 13.3. The molecule has 0 amide bonds. The molecular formula is C13H14F3NS. The molecule has 0 saturated heterocycles. The van der Waals surface area contributed by atoms with Gasteiger partial charge in [-0.1, -0.05) is 19.9 Å². The molecule has 1 nitrogen and oxygen atoms in total. The van der Waals surface area contributed by atoms with Gasteiger partial charge in [-0.25, -0.2) is 0 Å². The van der Waals surface area contributed by atoms with Gasteiger partial charge in [-0.2, -0.15) is 13.2 Å². The first-order chi connectivity index (χ1) is 8.29. The lowest BCUT2D eigenvalue weighted by Crippen LogP contribution is -2.02. The molecule has 0 aliphatic rings. The van der Waals surface area contributed by atoms with Crippen molar-refractivity contribution in [2.75, 3.05) is 0 Å². The Morgan fingerprint density at radius 3 is 2.50 bits per heavy atom. The number of pyridine rings is 1. The van der Waals surface area contributed by atoms with E-state index in [4.69, 9.17) is 0 Å². The summed E-state index contributed by atoms with van der Waals surface area (Å²) in [6.45, 7) is 5.79. The van der Waals surface area contributed by atoms with Crippen molar-refractivity contribution in [3.05, 3.63) is 35.5 Å². The van der Waals surface area contributed by atoms with Crippen LogP contribution >= 0.6 is 11.8 Å². The lowest BCUT2D eigenvalue weighted by molar-refractivity contribution is -0.0330. The van der Waals surface area contributed by atoms with Gasteiger partial charge < -0.3 is 4.40 Å². The quantitative estimate of drug-likeness (QED) is 0.698. The highest BCUT2D eigenvalue weighted by Gasteiger charge is 2.31. The van der Waals surface area contributed by atoms with Crippen LogP contribution in [0.1, 0.15) is 30.9 Å². The van der Waals surface area contributed by atoms with Crippen LogP contribution in [0.4, 0.5) is 13.2 Å². The minimum absolute atomic E-state index is 0.0531. The van der Waals surface area contributed by atoms with Gasteiger partial charge >= 0.3 is 5.51 Å². The lowest BCUT2D eigenvalue weighted by Gasteiger charge is -2.10. The van der Waals surface area contributed by atoms with Crippen LogP contribution in [-0.4, -0.2) is 9.91 Å². The summed E-state index contributed by atoms with van der Waals surface area (Å²) in [5.41, 5.74) is -1.68. The fourth-order valence-electron chi connectivity index (χ4n) is 2.05. The number of rotatable bonds is 2. The lowest BCUT2D eigenvalue weighted by atomic mass is 10.0. The van der Waals surface area contributed by atoms with Gasteiger partial charge in [0.1, 0.15) is 0 Å². The summed E-state index contributed by atoms with van der Waals surface area (Å²) in [5.74, 6) is 0.284. The van der Waals surface area contributed by atoms with E-state index in [0.29, 0.717) is 5.56 Å². The van der Waals surface area contributed by atoms with Gasteiger partial charge in [-0.15, -0.1) is 0 Å². The molecule has 0 aromatic carbocycles. The molecule has 98 valence electrons. The molecular weight excluding hydrogens is 259 g/mol. The first-order valence-electron chi connectivity index (χ1n) is 5.66. The zero-order valence-electron chi connectivity index (χ0n) is 10.4. The fourth-order valence-corrected chi connectivity index (χ4v) is 2.75. The van der Waals surface area contributed by atoms with E-state index in [1.54, 1.807) is 23.6 Å². The van der Waals surface area contributed by atoms with Gasteiger partial charge in [0.15, 0.2) is 0 Å². The second kappa shape index (κ2) is 4.53. The zero-order chi connectivity index (χ0) is 13.5. The van der Waals surface area contributed by atoms with Crippen LogP contribution < -0.4 is 0 Å². The maximum atomic E-state index is 12.5. The number of nitrogens with zero attached hydrogens (tertiary/aromatic N) is 1. The highest BCUT2D eigenvalue weighted by molar-refractivity contribution is 8.00. The number of aryl methyl sites for hydroxylation is 1. The molecule has 0 aliphatic carbocycles. The molecule has 2 aromatic heterocycles. The van der Waals surface area contributed by atoms with Gasteiger partial charge in [-0.05, 0) is 36.1 Å². The second-order valence-corrected chi connectivity index (χ2v) is 5.61. The third-order valence-corrected chi connectivity index (χ3v) is 3.75. The van der Waals surface area contributed by atoms with Crippen LogP contribution in [0.15, 0.2) is 29.4 Å². The third kappa shape index (κ3) is 2.51. The Labute approximate surface area is 108 Å². The third-order valence-electron chi connectivity index (χ3n) is 2.81. The van der Waals surface area contributed by atoms with Crippen molar-refractivity contribution < 1.29 is 13.2 Å². The number of aromatic nitrogens is 1. The molecule has 5 heteroatoms. The molecule has 0 fully saturated rings. The highest BCUT2D eigenvalue weighted by atomic mass is 32.2. The summed E-state index contributed by atoms with van der Waals surface area (Å²) < 4.78 is 39.2. The van der Waals surface area contributed by atoms with Crippen molar-refractivity contribution in [1.29, 1.82) is 0 Å². The predicted octanol–water partition coefficient (Wildman–Crippen LogP) is 4.98. The van der Waals surface area contributed by atoms with Crippen molar-refractivity contribution in [2.24, 2.45) is 0 Å². The highest BCUT2D eigenvalue weighted by Crippen LogP contribution is 2.40. The normalized spacial score (nSPS) is 12.6. The fraction of sp³-hybridized carbons (Fsp3) is 0.385.